The Bertz CT molecular complexity index is 230. The topological polar surface area (TPSA) is 51.2 Å². The predicted octanol–water partition coefficient (Wildman–Crippen LogP) is 2.32. The molecule has 0 radical (unpaired) electrons. The van der Waals surface area contributed by atoms with Crippen molar-refractivity contribution in [2.45, 2.75) is 53.4 Å². The Morgan fingerprint density at radius 2 is 1.27 bits per heavy atom. The molecular weight excluding hydrogens is 192 g/mol. The van der Waals surface area contributed by atoms with Gasteiger partial charge in [0.1, 0.15) is 5.41 Å². The number of hydrogen-bond donors (Lipinski definition) is 0. The van der Waals surface area contributed by atoms with Gasteiger partial charge < -0.3 is 0 Å². The van der Waals surface area contributed by atoms with E-state index in [9.17, 15) is 14.4 Å². The molecule has 15 heavy (non-hydrogen) atoms. The minimum absolute atomic E-state index is 0.321. The van der Waals surface area contributed by atoms with Gasteiger partial charge in [0.25, 0.3) is 0 Å². The zero-order valence-corrected chi connectivity index (χ0v) is 10.1. The molecule has 0 aliphatic heterocycles. The molecule has 0 unspecified atom stereocenters. The Labute approximate surface area is 91.2 Å². The molecule has 0 N–H and O–H groups in total. The molecule has 0 aromatic rings. The highest BCUT2D eigenvalue weighted by Gasteiger charge is 2.44. The highest BCUT2D eigenvalue weighted by molar-refractivity contribution is 6.22. The van der Waals surface area contributed by atoms with Gasteiger partial charge in [-0.25, -0.2) is 0 Å². The molecule has 0 amide bonds. The number of ketones is 3. The fourth-order valence-electron chi connectivity index (χ4n) is 1.91. The smallest absolute Gasteiger partial charge is 0.150 e. The van der Waals surface area contributed by atoms with E-state index in [0.717, 1.165) is 19.3 Å². The third-order valence-corrected chi connectivity index (χ3v) is 2.96. The standard InChI is InChI=1S/C12H20O3/c1-5-6-7-8-12(9(2)13,10(3)14)11(4)15/h5-8H2,1-4H3. The molecule has 0 atom stereocenters. The zero-order chi connectivity index (χ0) is 12.1. The van der Waals surface area contributed by atoms with Crippen molar-refractivity contribution in [2.75, 3.05) is 0 Å². The van der Waals surface area contributed by atoms with E-state index in [1.165, 1.54) is 20.8 Å². The molecule has 0 bridgehead atoms. The lowest BCUT2D eigenvalue weighted by Crippen LogP contribution is -2.43. The summed E-state index contributed by atoms with van der Waals surface area (Å²) < 4.78 is 0. The molecule has 3 heteroatoms. The van der Waals surface area contributed by atoms with Crippen LogP contribution in [-0.2, 0) is 14.4 Å². The highest BCUT2D eigenvalue weighted by atomic mass is 16.2. The van der Waals surface area contributed by atoms with E-state index in [1.54, 1.807) is 0 Å². The third kappa shape index (κ3) is 2.98. The molecular formula is C12H20O3. The molecule has 0 saturated heterocycles. The second-order valence-electron chi connectivity index (χ2n) is 4.03. The lowest BCUT2D eigenvalue weighted by atomic mass is 9.73. The van der Waals surface area contributed by atoms with Crippen molar-refractivity contribution in [2.24, 2.45) is 5.41 Å². The second kappa shape index (κ2) is 5.79. The molecule has 0 rings (SSSR count). The van der Waals surface area contributed by atoms with E-state index in [1.807, 2.05) is 6.92 Å². The summed E-state index contributed by atoms with van der Waals surface area (Å²) in [6.07, 6.45) is 3.05. The Balaban J connectivity index is 4.90. The van der Waals surface area contributed by atoms with Crippen LogP contribution in [-0.4, -0.2) is 17.3 Å². The summed E-state index contributed by atoms with van der Waals surface area (Å²) in [7, 11) is 0. The summed E-state index contributed by atoms with van der Waals surface area (Å²) in [6.45, 7) is 6.02. The van der Waals surface area contributed by atoms with Crippen LogP contribution in [0.5, 0.6) is 0 Å². The maximum Gasteiger partial charge on any atom is 0.150 e. The van der Waals surface area contributed by atoms with Crippen LogP contribution in [0.2, 0.25) is 0 Å². The first-order valence-corrected chi connectivity index (χ1v) is 5.42. The largest absolute Gasteiger partial charge is 0.298 e. The molecule has 0 saturated carbocycles. The van der Waals surface area contributed by atoms with E-state index in [0.29, 0.717) is 6.42 Å². The summed E-state index contributed by atoms with van der Waals surface area (Å²) in [4.78, 5) is 34.5. The van der Waals surface area contributed by atoms with Gasteiger partial charge in [0, 0.05) is 0 Å². The summed E-state index contributed by atoms with van der Waals surface area (Å²) >= 11 is 0. The molecule has 0 aromatic heterocycles. The van der Waals surface area contributed by atoms with E-state index in [-0.39, 0.29) is 17.3 Å². The lowest BCUT2D eigenvalue weighted by molar-refractivity contribution is -0.147. The average molecular weight is 212 g/mol. The van der Waals surface area contributed by atoms with Crippen LogP contribution in [0.1, 0.15) is 53.4 Å². The number of hydrogen-bond acceptors (Lipinski definition) is 3. The number of carbonyl (C=O) groups excluding carboxylic acids is 3. The van der Waals surface area contributed by atoms with Crippen molar-refractivity contribution < 1.29 is 14.4 Å². The van der Waals surface area contributed by atoms with Crippen molar-refractivity contribution in [1.82, 2.24) is 0 Å². The number of unbranched alkanes of at least 4 members (excludes halogenated alkanes) is 2. The van der Waals surface area contributed by atoms with Crippen LogP contribution in [0, 0.1) is 5.41 Å². The summed E-state index contributed by atoms with van der Waals surface area (Å²) in [5.41, 5.74) is -1.37. The van der Waals surface area contributed by atoms with Gasteiger partial charge in [0.05, 0.1) is 0 Å². The molecule has 86 valence electrons. The Morgan fingerprint density at radius 3 is 1.53 bits per heavy atom. The predicted molar refractivity (Wildman–Crippen MR) is 58.6 cm³/mol. The minimum Gasteiger partial charge on any atom is -0.298 e. The quantitative estimate of drug-likeness (QED) is 0.480. The Kier molecular flexibility index (Phi) is 5.40. The van der Waals surface area contributed by atoms with Gasteiger partial charge in [0.15, 0.2) is 17.3 Å². The van der Waals surface area contributed by atoms with Gasteiger partial charge in [-0.05, 0) is 27.2 Å². The van der Waals surface area contributed by atoms with E-state index in [4.69, 9.17) is 0 Å². The molecule has 0 aromatic carbocycles. The first-order chi connectivity index (χ1) is 6.89. The van der Waals surface area contributed by atoms with Crippen molar-refractivity contribution in [3.8, 4) is 0 Å². The molecule has 3 nitrogen and oxygen atoms in total. The maximum atomic E-state index is 11.5. The van der Waals surface area contributed by atoms with Gasteiger partial charge >= 0.3 is 0 Å². The molecule has 0 aliphatic rings. The van der Waals surface area contributed by atoms with Crippen LogP contribution < -0.4 is 0 Å². The third-order valence-electron chi connectivity index (χ3n) is 2.96. The fourth-order valence-corrected chi connectivity index (χ4v) is 1.91. The van der Waals surface area contributed by atoms with Crippen molar-refractivity contribution in [1.29, 1.82) is 0 Å². The summed E-state index contributed by atoms with van der Waals surface area (Å²) in [5.74, 6) is -0.962. The normalized spacial score (nSPS) is 11.2. The summed E-state index contributed by atoms with van der Waals surface area (Å²) in [6, 6.07) is 0. The van der Waals surface area contributed by atoms with Gasteiger partial charge in [-0.1, -0.05) is 26.2 Å². The number of rotatable bonds is 7. The SMILES string of the molecule is CCCCCC(C(C)=O)(C(C)=O)C(C)=O. The first kappa shape index (κ1) is 14.0. The van der Waals surface area contributed by atoms with Gasteiger partial charge in [-0.2, -0.15) is 0 Å². The van der Waals surface area contributed by atoms with Crippen LogP contribution in [0.25, 0.3) is 0 Å². The van der Waals surface area contributed by atoms with Crippen LogP contribution in [0.15, 0.2) is 0 Å². The average Bonchev–Trinajstić information content (AvgIpc) is 2.10. The first-order valence-electron chi connectivity index (χ1n) is 5.42. The molecule has 0 aliphatic carbocycles. The van der Waals surface area contributed by atoms with Gasteiger partial charge in [-0.15, -0.1) is 0 Å². The van der Waals surface area contributed by atoms with Crippen molar-refractivity contribution in [3.05, 3.63) is 0 Å². The van der Waals surface area contributed by atoms with Crippen LogP contribution in [0.4, 0.5) is 0 Å². The van der Waals surface area contributed by atoms with Crippen LogP contribution in [0.3, 0.4) is 0 Å². The monoisotopic (exact) mass is 212 g/mol. The van der Waals surface area contributed by atoms with E-state index >= 15 is 0 Å². The van der Waals surface area contributed by atoms with Crippen molar-refractivity contribution >= 4 is 17.3 Å². The fraction of sp³-hybridized carbons (Fsp3) is 0.750. The van der Waals surface area contributed by atoms with Gasteiger partial charge in [0.2, 0.25) is 0 Å². The minimum atomic E-state index is -1.37. The lowest BCUT2D eigenvalue weighted by Gasteiger charge is -2.25. The number of carbonyl (C=O) groups is 3. The van der Waals surface area contributed by atoms with Gasteiger partial charge in [-0.3, -0.25) is 14.4 Å². The van der Waals surface area contributed by atoms with Crippen molar-refractivity contribution in [3.63, 3.8) is 0 Å². The maximum absolute atomic E-state index is 11.5. The molecule has 0 heterocycles. The van der Waals surface area contributed by atoms with Crippen LogP contribution >= 0.6 is 0 Å². The highest BCUT2D eigenvalue weighted by Crippen LogP contribution is 2.29. The zero-order valence-electron chi connectivity index (χ0n) is 10.1. The Morgan fingerprint density at radius 1 is 0.867 bits per heavy atom. The number of Topliss-reactive ketones (excluding diaryl/α,β-unsaturated/α-hetero) is 3. The molecule has 0 fully saturated rings. The summed E-state index contributed by atoms with van der Waals surface area (Å²) in [5, 5.41) is 0. The molecule has 0 spiro atoms. The van der Waals surface area contributed by atoms with E-state index < -0.39 is 5.41 Å². The Hall–Kier alpha value is -0.990. The second-order valence-corrected chi connectivity index (χ2v) is 4.03. The van der Waals surface area contributed by atoms with E-state index in [2.05, 4.69) is 0 Å².